The molecule has 3 aromatic carbocycles. The highest BCUT2D eigenvalue weighted by Crippen LogP contribution is 2.34. The molecule has 7 heteroatoms. The third-order valence-electron chi connectivity index (χ3n) is 4.58. The third kappa shape index (κ3) is 4.52. The van der Waals surface area contributed by atoms with E-state index in [0.717, 1.165) is 43.7 Å². The molecule has 0 bridgehead atoms. The number of thioether (sulfide) groups is 1. The van der Waals surface area contributed by atoms with Crippen LogP contribution in [-0.4, -0.2) is 29.0 Å². The van der Waals surface area contributed by atoms with Crippen molar-refractivity contribution in [1.82, 2.24) is 14.8 Å². The first-order valence-corrected chi connectivity index (χ1v) is 11.1. The zero-order valence-electron chi connectivity index (χ0n) is 16.6. The normalized spacial score (nSPS) is 10.8. The fraction of sp³-hybridized carbons (Fsp3) is 0.130. The molecule has 0 aliphatic rings. The standard InChI is InChI=1S/C23H20BrN3O2S/c1-28-19-11-17(23-26-25-15-27(23)18-6-4-3-5-7-18)12-20(13-19)30-14-16-8-9-22(29-2)21(24)10-16/h3-13,15H,14H2,1-2H3. The van der Waals surface area contributed by atoms with Crippen LogP contribution in [0.5, 0.6) is 11.5 Å². The summed E-state index contributed by atoms with van der Waals surface area (Å²) in [4.78, 5) is 1.10. The van der Waals surface area contributed by atoms with Crippen LogP contribution >= 0.6 is 27.7 Å². The number of hydrogen-bond donors (Lipinski definition) is 0. The molecule has 0 atom stereocenters. The molecule has 4 aromatic rings. The molecule has 5 nitrogen and oxygen atoms in total. The van der Waals surface area contributed by atoms with E-state index in [9.17, 15) is 0 Å². The topological polar surface area (TPSA) is 49.2 Å². The molecule has 30 heavy (non-hydrogen) atoms. The summed E-state index contributed by atoms with van der Waals surface area (Å²) in [6.45, 7) is 0. The summed E-state index contributed by atoms with van der Waals surface area (Å²) >= 11 is 5.29. The average molecular weight is 482 g/mol. The number of para-hydroxylation sites is 1. The Morgan fingerprint density at radius 1 is 0.967 bits per heavy atom. The van der Waals surface area contributed by atoms with Gasteiger partial charge in [-0.05, 0) is 64.0 Å². The minimum atomic E-state index is 0.772. The van der Waals surface area contributed by atoms with Crippen molar-refractivity contribution in [3.05, 3.63) is 83.1 Å². The van der Waals surface area contributed by atoms with Crippen molar-refractivity contribution in [2.24, 2.45) is 0 Å². The van der Waals surface area contributed by atoms with E-state index in [4.69, 9.17) is 9.47 Å². The van der Waals surface area contributed by atoms with E-state index in [0.29, 0.717) is 0 Å². The van der Waals surface area contributed by atoms with Crippen molar-refractivity contribution in [2.75, 3.05) is 14.2 Å². The zero-order chi connectivity index (χ0) is 20.9. The monoisotopic (exact) mass is 481 g/mol. The maximum atomic E-state index is 5.55. The second kappa shape index (κ2) is 9.36. The molecule has 0 unspecified atom stereocenters. The number of rotatable bonds is 7. The van der Waals surface area contributed by atoms with Gasteiger partial charge in [-0.2, -0.15) is 0 Å². The second-order valence-corrected chi connectivity index (χ2v) is 8.42. The predicted octanol–water partition coefficient (Wildman–Crippen LogP) is 6.01. The zero-order valence-corrected chi connectivity index (χ0v) is 19.0. The first-order chi connectivity index (χ1) is 14.7. The largest absolute Gasteiger partial charge is 0.497 e. The van der Waals surface area contributed by atoms with Crippen LogP contribution in [0.1, 0.15) is 5.56 Å². The number of aromatic nitrogens is 3. The van der Waals surface area contributed by atoms with Crippen molar-refractivity contribution in [3.8, 4) is 28.6 Å². The minimum Gasteiger partial charge on any atom is -0.497 e. The van der Waals surface area contributed by atoms with Gasteiger partial charge in [-0.3, -0.25) is 4.57 Å². The SMILES string of the molecule is COc1cc(SCc2ccc(OC)c(Br)c2)cc(-c2nncn2-c2ccccc2)c1. The van der Waals surface area contributed by atoms with Gasteiger partial charge in [0.2, 0.25) is 0 Å². The first-order valence-electron chi connectivity index (χ1n) is 9.28. The summed E-state index contributed by atoms with van der Waals surface area (Å²) in [5.74, 6) is 3.20. The molecular formula is C23H20BrN3O2S. The third-order valence-corrected chi connectivity index (χ3v) is 6.24. The number of methoxy groups -OCH3 is 2. The van der Waals surface area contributed by atoms with E-state index in [2.05, 4.69) is 44.3 Å². The Balaban J connectivity index is 1.62. The number of nitrogens with zero attached hydrogens (tertiary/aromatic N) is 3. The Morgan fingerprint density at radius 3 is 2.53 bits per heavy atom. The lowest BCUT2D eigenvalue weighted by Gasteiger charge is -2.11. The number of benzene rings is 3. The van der Waals surface area contributed by atoms with Crippen LogP contribution in [0.4, 0.5) is 0 Å². The summed E-state index contributed by atoms with van der Waals surface area (Å²) in [7, 11) is 3.34. The van der Waals surface area contributed by atoms with E-state index in [-0.39, 0.29) is 0 Å². The Labute approximate surface area is 188 Å². The summed E-state index contributed by atoms with van der Waals surface area (Å²) < 4.78 is 13.8. The number of ether oxygens (including phenoxy) is 2. The maximum absolute atomic E-state index is 5.55. The Hall–Kier alpha value is -2.77. The van der Waals surface area contributed by atoms with Crippen LogP contribution in [-0.2, 0) is 5.75 Å². The van der Waals surface area contributed by atoms with Gasteiger partial charge < -0.3 is 9.47 Å². The molecule has 0 N–H and O–H groups in total. The molecule has 0 aliphatic heterocycles. The van der Waals surface area contributed by atoms with Crippen LogP contribution in [0.25, 0.3) is 17.1 Å². The summed E-state index contributed by atoms with van der Waals surface area (Å²) in [6, 6.07) is 22.3. The predicted molar refractivity (Wildman–Crippen MR) is 124 cm³/mol. The van der Waals surface area contributed by atoms with Crippen molar-refractivity contribution >= 4 is 27.7 Å². The van der Waals surface area contributed by atoms with Gasteiger partial charge >= 0.3 is 0 Å². The molecule has 0 radical (unpaired) electrons. The van der Waals surface area contributed by atoms with Gasteiger partial charge in [-0.25, -0.2) is 0 Å². The van der Waals surface area contributed by atoms with Gasteiger partial charge in [0.1, 0.15) is 17.8 Å². The number of halogens is 1. The fourth-order valence-corrected chi connectivity index (χ4v) is 4.59. The van der Waals surface area contributed by atoms with E-state index >= 15 is 0 Å². The molecule has 4 rings (SSSR count). The highest BCUT2D eigenvalue weighted by Gasteiger charge is 2.12. The highest BCUT2D eigenvalue weighted by molar-refractivity contribution is 9.10. The summed E-state index contributed by atoms with van der Waals surface area (Å²) in [5.41, 5.74) is 3.16. The van der Waals surface area contributed by atoms with Crippen LogP contribution in [0.2, 0.25) is 0 Å². The molecule has 0 aliphatic carbocycles. The molecule has 0 spiro atoms. The fourth-order valence-electron chi connectivity index (χ4n) is 3.08. The molecule has 0 saturated heterocycles. The van der Waals surface area contributed by atoms with Crippen LogP contribution in [0.15, 0.2) is 82.4 Å². The van der Waals surface area contributed by atoms with Crippen molar-refractivity contribution in [1.29, 1.82) is 0 Å². The Morgan fingerprint density at radius 2 is 1.80 bits per heavy atom. The smallest absolute Gasteiger partial charge is 0.168 e. The number of hydrogen-bond acceptors (Lipinski definition) is 5. The van der Waals surface area contributed by atoms with Gasteiger partial charge in [-0.15, -0.1) is 22.0 Å². The lowest BCUT2D eigenvalue weighted by Crippen LogP contribution is -1.97. The van der Waals surface area contributed by atoms with Crippen molar-refractivity contribution < 1.29 is 9.47 Å². The first kappa shape index (κ1) is 20.5. The highest BCUT2D eigenvalue weighted by atomic mass is 79.9. The van der Waals surface area contributed by atoms with Crippen LogP contribution in [0, 0.1) is 0 Å². The lowest BCUT2D eigenvalue weighted by molar-refractivity contribution is 0.412. The molecule has 1 aromatic heterocycles. The second-order valence-electron chi connectivity index (χ2n) is 6.51. The maximum Gasteiger partial charge on any atom is 0.168 e. The molecular weight excluding hydrogens is 462 g/mol. The summed E-state index contributed by atoms with van der Waals surface area (Å²) in [6.07, 6.45) is 1.73. The van der Waals surface area contributed by atoms with Crippen LogP contribution < -0.4 is 9.47 Å². The molecule has 1 heterocycles. The van der Waals surface area contributed by atoms with E-state index in [1.165, 1.54) is 5.56 Å². The van der Waals surface area contributed by atoms with Crippen molar-refractivity contribution in [2.45, 2.75) is 10.6 Å². The van der Waals surface area contributed by atoms with E-state index in [1.54, 1.807) is 32.3 Å². The van der Waals surface area contributed by atoms with Crippen LogP contribution in [0.3, 0.4) is 0 Å². The van der Waals surface area contributed by atoms with Gasteiger partial charge in [-0.1, -0.05) is 24.3 Å². The van der Waals surface area contributed by atoms with Gasteiger partial charge in [0.25, 0.3) is 0 Å². The molecule has 0 amide bonds. The minimum absolute atomic E-state index is 0.772. The van der Waals surface area contributed by atoms with Crippen molar-refractivity contribution in [3.63, 3.8) is 0 Å². The lowest BCUT2D eigenvalue weighted by atomic mass is 10.2. The Bertz CT molecular complexity index is 1150. The van der Waals surface area contributed by atoms with E-state index < -0.39 is 0 Å². The average Bonchev–Trinajstić information content (AvgIpc) is 3.28. The molecule has 152 valence electrons. The van der Waals surface area contributed by atoms with Gasteiger partial charge in [0.15, 0.2) is 5.82 Å². The molecule has 0 fully saturated rings. The quantitative estimate of drug-likeness (QED) is 0.302. The van der Waals surface area contributed by atoms with E-state index in [1.807, 2.05) is 53.1 Å². The summed E-state index contributed by atoms with van der Waals surface area (Å²) in [5, 5.41) is 8.48. The van der Waals surface area contributed by atoms with Gasteiger partial charge in [0.05, 0.1) is 18.7 Å². The molecule has 0 saturated carbocycles. The Kier molecular flexibility index (Phi) is 6.40. The van der Waals surface area contributed by atoms with Gasteiger partial charge in [0, 0.05) is 21.9 Å².